The number of carbonyl (C=O) groups is 1. The second-order valence-electron chi connectivity index (χ2n) is 4.09. The van der Waals surface area contributed by atoms with E-state index in [0.29, 0.717) is 26.5 Å². The zero-order valence-corrected chi connectivity index (χ0v) is 13.3. The van der Waals surface area contributed by atoms with Crippen LogP contribution in [0.15, 0.2) is 27.7 Å². The van der Waals surface area contributed by atoms with Gasteiger partial charge in [0, 0.05) is 27.9 Å². The van der Waals surface area contributed by atoms with Gasteiger partial charge in [-0.1, -0.05) is 39.6 Å². The number of nitrogens with zero attached hydrogens (tertiary/aromatic N) is 2. The predicted octanol–water partition coefficient (Wildman–Crippen LogP) is 2.00. The molecule has 21 heavy (non-hydrogen) atoms. The number of aryl methyl sites for hydroxylation is 1. The summed E-state index contributed by atoms with van der Waals surface area (Å²) in [6.07, 6.45) is 0.222. The Kier molecular flexibility index (Phi) is 5.33. The minimum atomic E-state index is -0.510. The molecule has 0 bridgehead atoms. The van der Waals surface area contributed by atoms with Crippen molar-refractivity contribution in [1.29, 1.82) is 0 Å². The highest BCUT2D eigenvalue weighted by atomic mass is 35.5. The Balaban J connectivity index is 1.85. The summed E-state index contributed by atoms with van der Waals surface area (Å²) in [4.78, 5) is 11.8. The maximum atomic E-state index is 11.8. The van der Waals surface area contributed by atoms with Crippen molar-refractivity contribution in [3.8, 4) is 5.95 Å². The van der Waals surface area contributed by atoms with Crippen LogP contribution in [0, 0.1) is 0 Å². The molecule has 1 heterocycles. The Morgan fingerprint density at radius 3 is 2.67 bits per heavy atom. The van der Waals surface area contributed by atoms with Crippen molar-refractivity contribution in [2.75, 3.05) is 11.1 Å². The number of carbonyl (C=O) groups excluding carboxylic acids is 1. The van der Waals surface area contributed by atoms with Gasteiger partial charge < -0.3 is 14.9 Å². The number of aromatic nitrogens is 2. The van der Waals surface area contributed by atoms with E-state index >= 15 is 0 Å². The molecule has 1 N–H and O–H groups in total. The van der Waals surface area contributed by atoms with Gasteiger partial charge in [0.25, 0.3) is 5.03 Å². The predicted molar refractivity (Wildman–Crippen MR) is 77.6 cm³/mol. The summed E-state index contributed by atoms with van der Waals surface area (Å²) in [6, 6.07) is 4.79. The molecule has 9 heteroatoms. The molecule has 0 unspecified atom stereocenters. The smallest absolute Gasteiger partial charge is 0.290 e. The number of anilines is 1. The van der Waals surface area contributed by atoms with Gasteiger partial charge in [0.2, 0.25) is 5.91 Å². The number of hydrogen-bond donors (Lipinski definition) is 1. The third-order valence-electron chi connectivity index (χ3n) is 2.43. The summed E-state index contributed by atoms with van der Waals surface area (Å²) >= 11 is 12.9. The summed E-state index contributed by atoms with van der Waals surface area (Å²) in [5, 5.41) is 18.7. The van der Waals surface area contributed by atoms with Gasteiger partial charge in [0.15, 0.2) is 13.0 Å². The van der Waals surface area contributed by atoms with Gasteiger partial charge in [-0.15, -0.1) is 0 Å². The molecular weight excluding hydrogens is 337 g/mol. The Morgan fingerprint density at radius 1 is 1.43 bits per heavy atom. The summed E-state index contributed by atoms with van der Waals surface area (Å²) < 4.78 is 5.82. The maximum absolute atomic E-state index is 11.8. The largest absolute Gasteiger partial charge is 0.538 e. The summed E-state index contributed by atoms with van der Waals surface area (Å²) in [5.74, 6) is -0.290. The van der Waals surface area contributed by atoms with E-state index in [-0.39, 0.29) is 12.3 Å². The molecule has 1 aromatic carbocycles. The lowest BCUT2D eigenvalue weighted by Gasteiger charge is -2.05. The average molecular weight is 348 g/mol. The van der Waals surface area contributed by atoms with Crippen molar-refractivity contribution in [2.24, 2.45) is 7.05 Å². The number of amides is 1. The molecule has 2 rings (SSSR count). The zero-order valence-electron chi connectivity index (χ0n) is 10.9. The number of rotatable bonds is 5. The second kappa shape index (κ2) is 7.02. The van der Waals surface area contributed by atoms with Gasteiger partial charge in [-0.3, -0.25) is 4.79 Å². The monoisotopic (exact) mass is 347 g/mol. The van der Waals surface area contributed by atoms with Crippen LogP contribution in [-0.2, 0) is 11.8 Å². The molecule has 1 aromatic heterocycles. The zero-order chi connectivity index (χ0) is 15.4. The van der Waals surface area contributed by atoms with E-state index in [1.165, 1.54) is 16.4 Å². The van der Waals surface area contributed by atoms with E-state index in [1.54, 1.807) is 25.2 Å². The highest BCUT2D eigenvalue weighted by Gasteiger charge is 2.14. The Labute approximate surface area is 135 Å². The number of thioether (sulfide) groups is 1. The summed E-state index contributed by atoms with van der Waals surface area (Å²) in [5.41, 5.74) is 0.530. The van der Waals surface area contributed by atoms with Crippen molar-refractivity contribution >= 4 is 46.6 Å². The molecule has 0 saturated carbocycles. The number of benzene rings is 1. The van der Waals surface area contributed by atoms with E-state index in [9.17, 15) is 9.90 Å². The van der Waals surface area contributed by atoms with E-state index < -0.39 is 5.95 Å². The Hall–Kier alpha value is -1.44. The lowest BCUT2D eigenvalue weighted by Crippen LogP contribution is -2.32. The van der Waals surface area contributed by atoms with Crippen LogP contribution in [0.5, 0.6) is 5.95 Å². The van der Waals surface area contributed by atoms with Gasteiger partial charge in [-0.05, 0) is 18.2 Å². The Bertz CT molecular complexity index is 623. The van der Waals surface area contributed by atoms with Gasteiger partial charge in [-0.2, -0.15) is 0 Å². The van der Waals surface area contributed by atoms with E-state index in [0.717, 1.165) is 0 Å². The molecular formula is C12H11Cl2N3O3S. The minimum absolute atomic E-state index is 0.201. The quantitative estimate of drug-likeness (QED) is 0.660. The van der Waals surface area contributed by atoms with Crippen LogP contribution in [0.4, 0.5) is 5.69 Å². The highest BCUT2D eigenvalue weighted by molar-refractivity contribution is 7.99. The highest BCUT2D eigenvalue weighted by Crippen LogP contribution is 2.24. The average Bonchev–Trinajstić information content (AvgIpc) is 2.69. The van der Waals surface area contributed by atoms with Crippen LogP contribution < -0.4 is 15.1 Å². The molecule has 0 saturated heterocycles. The third kappa shape index (κ3) is 4.52. The van der Waals surface area contributed by atoms with Gasteiger partial charge in [-0.25, -0.2) is 0 Å². The summed E-state index contributed by atoms with van der Waals surface area (Å²) in [7, 11) is 1.60. The van der Waals surface area contributed by atoms with Crippen molar-refractivity contribution in [2.45, 2.75) is 11.4 Å². The van der Waals surface area contributed by atoms with Crippen LogP contribution in [0.2, 0.25) is 10.0 Å². The number of hydrogen-bond acceptors (Lipinski definition) is 5. The van der Waals surface area contributed by atoms with Crippen molar-refractivity contribution in [3.63, 3.8) is 0 Å². The van der Waals surface area contributed by atoms with Gasteiger partial charge in [0.05, 0.1) is 5.27 Å². The molecule has 0 fully saturated rings. The fraction of sp³-hybridized carbons (Fsp3) is 0.250. The van der Waals surface area contributed by atoms with Crippen LogP contribution in [0.1, 0.15) is 6.42 Å². The fourth-order valence-electron chi connectivity index (χ4n) is 1.55. The van der Waals surface area contributed by atoms with Crippen molar-refractivity contribution in [1.82, 2.24) is 5.27 Å². The lowest BCUT2D eigenvalue weighted by atomic mass is 10.3. The molecule has 1 amide bonds. The molecule has 0 aliphatic rings. The summed E-state index contributed by atoms with van der Waals surface area (Å²) in [6.45, 7) is 0. The normalized spacial score (nSPS) is 10.6. The van der Waals surface area contributed by atoms with Crippen molar-refractivity contribution in [3.05, 3.63) is 28.2 Å². The molecule has 0 atom stereocenters. The standard InChI is InChI=1S/C12H11Cl2N3O3S/c1-17-11(12(19)20-16-17)21-3-2-10(18)15-9-5-7(13)4-8(14)6-9/h4-6H,2-3H2,1H3,(H-,15,16,18,19). The Morgan fingerprint density at radius 2 is 2.10 bits per heavy atom. The number of nitrogens with one attached hydrogen (secondary N) is 1. The first kappa shape index (κ1) is 15.9. The topological polar surface area (TPSA) is 82.1 Å². The third-order valence-corrected chi connectivity index (χ3v) is 3.98. The maximum Gasteiger partial charge on any atom is 0.290 e. The number of halogens is 2. The SMILES string of the molecule is C[n+]1noc([O-])c1SCCC(=O)Nc1cc(Cl)cc(Cl)c1. The molecule has 112 valence electrons. The first-order valence-electron chi connectivity index (χ1n) is 5.87. The van der Waals surface area contributed by atoms with E-state index in [4.69, 9.17) is 23.2 Å². The van der Waals surface area contributed by atoms with Gasteiger partial charge in [0.1, 0.15) is 0 Å². The molecule has 0 aliphatic heterocycles. The van der Waals surface area contributed by atoms with E-state index in [2.05, 4.69) is 15.1 Å². The van der Waals surface area contributed by atoms with Crippen LogP contribution in [-0.4, -0.2) is 16.9 Å². The van der Waals surface area contributed by atoms with E-state index in [1.807, 2.05) is 0 Å². The second-order valence-corrected chi connectivity index (χ2v) is 6.05. The van der Waals surface area contributed by atoms with Crippen LogP contribution >= 0.6 is 35.0 Å². The minimum Gasteiger partial charge on any atom is -0.538 e. The van der Waals surface area contributed by atoms with Crippen LogP contribution in [0.25, 0.3) is 0 Å². The van der Waals surface area contributed by atoms with Crippen molar-refractivity contribution < 1.29 is 19.1 Å². The van der Waals surface area contributed by atoms with Crippen LogP contribution in [0.3, 0.4) is 0 Å². The lowest BCUT2D eigenvalue weighted by molar-refractivity contribution is -0.772. The molecule has 0 radical (unpaired) electrons. The fourth-order valence-corrected chi connectivity index (χ4v) is 2.93. The first-order valence-corrected chi connectivity index (χ1v) is 7.61. The first-order chi connectivity index (χ1) is 9.95. The molecule has 0 spiro atoms. The van der Waals surface area contributed by atoms with Gasteiger partial charge >= 0.3 is 0 Å². The molecule has 6 nitrogen and oxygen atoms in total. The molecule has 0 aliphatic carbocycles. The molecule has 2 aromatic rings.